The molecule has 0 N–H and O–H groups in total. The molecule has 0 aromatic carbocycles. The zero-order valence-corrected chi connectivity index (χ0v) is 8.57. The van der Waals surface area contributed by atoms with E-state index in [0.717, 1.165) is 13.0 Å². The summed E-state index contributed by atoms with van der Waals surface area (Å²) in [5.74, 6) is 0. The van der Waals surface area contributed by atoms with Gasteiger partial charge in [0.15, 0.2) is 0 Å². The van der Waals surface area contributed by atoms with Crippen molar-refractivity contribution in [1.29, 1.82) is 0 Å². The van der Waals surface area contributed by atoms with Crippen molar-refractivity contribution in [2.45, 2.75) is 47.5 Å². The summed E-state index contributed by atoms with van der Waals surface area (Å²) in [6.45, 7) is 12.0. The summed E-state index contributed by atoms with van der Waals surface area (Å²) in [4.78, 5) is 4.50. The standard InChI is InChI=1S/C10H21N/c1-6-9(3)11-8-10(4,5)7-2/h6-8H2,1-5H3/b11-9+. The molecule has 1 nitrogen and oxygen atoms in total. The Hall–Kier alpha value is -0.330. The number of rotatable bonds is 4. The SMILES string of the molecule is CC/C(C)=N/CC(C)(C)CC. The van der Waals surface area contributed by atoms with E-state index in [9.17, 15) is 0 Å². The Morgan fingerprint density at radius 1 is 1.27 bits per heavy atom. The highest BCUT2D eigenvalue weighted by Gasteiger charge is 2.13. The maximum atomic E-state index is 4.50. The van der Waals surface area contributed by atoms with Crippen LogP contribution in [0.5, 0.6) is 0 Å². The van der Waals surface area contributed by atoms with Crippen LogP contribution < -0.4 is 0 Å². The molecule has 0 spiro atoms. The maximum absolute atomic E-state index is 4.50. The minimum Gasteiger partial charge on any atom is -0.294 e. The van der Waals surface area contributed by atoms with E-state index in [1.165, 1.54) is 12.1 Å². The first-order chi connectivity index (χ1) is 5.02. The molecule has 0 atom stereocenters. The van der Waals surface area contributed by atoms with Crippen molar-refractivity contribution in [1.82, 2.24) is 0 Å². The van der Waals surface area contributed by atoms with E-state index in [1.807, 2.05) is 0 Å². The van der Waals surface area contributed by atoms with Crippen molar-refractivity contribution < 1.29 is 0 Å². The molecule has 0 saturated heterocycles. The fourth-order valence-electron chi connectivity index (χ4n) is 0.573. The molecule has 0 fully saturated rings. The molecule has 1 heteroatoms. The van der Waals surface area contributed by atoms with E-state index in [2.05, 4.69) is 39.6 Å². The molecule has 0 unspecified atom stereocenters. The molecule has 0 bridgehead atoms. The molecule has 0 heterocycles. The predicted molar refractivity (Wildman–Crippen MR) is 52.3 cm³/mol. The van der Waals surface area contributed by atoms with Crippen LogP contribution in [0.15, 0.2) is 4.99 Å². The molecular weight excluding hydrogens is 134 g/mol. The van der Waals surface area contributed by atoms with Crippen LogP contribution in [-0.4, -0.2) is 12.3 Å². The monoisotopic (exact) mass is 155 g/mol. The first-order valence-electron chi connectivity index (χ1n) is 4.51. The molecule has 0 radical (unpaired) electrons. The van der Waals surface area contributed by atoms with Crippen LogP contribution in [0, 0.1) is 5.41 Å². The highest BCUT2D eigenvalue weighted by molar-refractivity contribution is 5.81. The highest BCUT2D eigenvalue weighted by Crippen LogP contribution is 2.19. The topological polar surface area (TPSA) is 12.4 Å². The Morgan fingerprint density at radius 3 is 2.18 bits per heavy atom. The number of hydrogen-bond donors (Lipinski definition) is 0. The van der Waals surface area contributed by atoms with Gasteiger partial charge >= 0.3 is 0 Å². The summed E-state index contributed by atoms with van der Waals surface area (Å²) in [5.41, 5.74) is 1.66. The van der Waals surface area contributed by atoms with E-state index in [1.54, 1.807) is 0 Å². The average Bonchev–Trinajstić information content (AvgIpc) is 2.00. The molecule has 0 amide bonds. The van der Waals surface area contributed by atoms with E-state index >= 15 is 0 Å². The predicted octanol–water partition coefficient (Wildman–Crippen LogP) is 3.29. The third-order valence-corrected chi connectivity index (χ3v) is 2.25. The fourth-order valence-corrected chi connectivity index (χ4v) is 0.573. The summed E-state index contributed by atoms with van der Waals surface area (Å²) in [6.07, 6.45) is 2.29. The zero-order valence-electron chi connectivity index (χ0n) is 8.57. The van der Waals surface area contributed by atoms with Crippen molar-refractivity contribution >= 4 is 5.71 Å². The lowest BCUT2D eigenvalue weighted by molar-refractivity contribution is 0.366. The van der Waals surface area contributed by atoms with Crippen molar-refractivity contribution in [2.24, 2.45) is 10.4 Å². The molecule has 0 aromatic heterocycles. The molecule has 11 heavy (non-hydrogen) atoms. The van der Waals surface area contributed by atoms with Gasteiger partial charge in [-0.3, -0.25) is 4.99 Å². The second-order valence-corrected chi connectivity index (χ2v) is 3.92. The van der Waals surface area contributed by atoms with Crippen LogP contribution in [0.1, 0.15) is 47.5 Å². The van der Waals surface area contributed by atoms with E-state index in [4.69, 9.17) is 0 Å². The van der Waals surface area contributed by atoms with Crippen LogP contribution in [0.3, 0.4) is 0 Å². The lowest BCUT2D eigenvalue weighted by atomic mass is 9.90. The molecular formula is C10H21N. The smallest absolute Gasteiger partial charge is 0.0439 e. The second-order valence-electron chi connectivity index (χ2n) is 3.92. The van der Waals surface area contributed by atoms with Gasteiger partial charge < -0.3 is 0 Å². The lowest BCUT2D eigenvalue weighted by Gasteiger charge is -2.19. The van der Waals surface area contributed by atoms with Crippen molar-refractivity contribution in [2.75, 3.05) is 6.54 Å². The third kappa shape index (κ3) is 5.00. The molecule has 0 aliphatic rings. The van der Waals surface area contributed by atoms with Crippen molar-refractivity contribution in [3.63, 3.8) is 0 Å². The van der Waals surface area contributed by atoms with Crippen LogP contribution in [0.4, 0.5) is 0 Å². The van der Waals surface area contributed by atoms with Gasteiger partial charge in [-0.15, -0.1) is 0 Å². The summed E-state index contributed by atoms with van der Waals surface area (Å²) in [5, 5.41) is 0. The Morgan fingerprint density at radius 2 is 1.82 bits per heavy atom. The van der Waals surface area contributed by atoms with E-state index < -0.39 is 0 Å². The van der Waals surface area contributed by atoms with Crippen LogP contribution in [-0.2, 0) is 0 Å². The minimum atomic E-state index is 0.385. The molecule has 0 aliphatic heterocycles. The van der Waals surface area contributed by atoms with Gasteiger partial charge in [-0.2, -0.15) is 0 Å². The Kier molecular flexibility index (Phi) is 4.39. The van der Waals surface area contributed by atoms with Crippen LogP contribution in [0.25, 0.3) is 0 Å². The van der Waals surface area contributed by atoms with Gasteiger partial charge in [-0.1, -0.05) is 27.7 Å². The fraction of sp³-hybridized carbons (Fsp3) is 0.900. The maximum Gasteiger partial charge on any atom is 0.0439 e. The second kappa shape index (κ2) is 4.53. The van der Waals surface area contributed by atoms with Gasteiger partial charge in [0, 0.05) is 12.3 Å². The largest absolute Gasteiger partial charge is 0.294 e. The highest BCUT2D eigenvalue weighted by atomic mass is 14.7. The first-order valence-corrected chi connectivity index (χ1v) is 4.51. The quantitative estimate of drug-likeness (QED) is 0.552. The van der Waals surface area contributed by atoms with E-state index in [-0.39, 0.29) is 0 Å². The summed E-state index contributed by atoms with van der Waals surface area (Å²) < 4.78 is 0. The van der Waals surface area contributed by atoms with Gasteiger partial charge in [-0.25, -0.2) is 0 Å². The molecule has 0 rings (SSSR count). The van der Waals surface area contributed by atoms with Crippen LogP contribution >= 0.6 is 0 Å². The molecule has 66 valence electrons. The van der Waals surface area contributed by atoms with Gasteiger partial charge in [0.1, 0.15) is 0 Å². The van der Waals surface area contributed by atoms with Crippen LogP contribution in [0.2, 0.25) is 0 Å². The number of hydrogen-bond acceptors (Lipinski definition) is 1. The Balaban J connectivity index is 3.86. The van der Waals surface area contributed by atoms with Gasteiger partial charge in [-0.05, 0) is 25.2 Å². The van der Waals surface area contributed by atoms with E-state index in [0.29, 0.717) is 5.41 Å². The van der Waals surface area contributed by atoms with Gasteiger partial charge in [0.25, 0.3) is 0 Å². The summed E-state index contributed by atoms with van der Waals surface area (Å²) >= 11 is 0. The number of nitrogens with zero attached hydrogens (tertiary/aromatic N) is 1. The Labute approximate surface area is 70.9 Å². The zero-order chi connectivity index (χ0) is 8.91. The summed E-state index contributed by atoms with van der Waals surface area (Å²) in [7, 11) is 0. The third-order valence-electron chi connectivity index (χ3n) is 2.25. The van der Waals surface area contributed by atoms with Gasteiger partial charge in [0.05, 0.1) is 0 Å². The van der Waals surface area contributed by atoms with Crippen molar-refractivity contribution in [3.05, 3.63) is 0 Å². The lowest BCUT2D eigenvalue weighted by Crippen LogP contribution is -2.14. The first kappa shape index (κ1) is 10.7. The number of aliphatic imine (C=N–C) groups is 1. The Bertz CT molecular complexity index is 134. The average molecular weight is 155 g/mol. The minimum absolute atomic E-state index is 0.385. The molecule has 0 aliphatic carbocycles. The summed E-state index contributed by atoms with van der Waals surface area (Å²) in [6, 6.07) is 0. The molecule has 0 aromatic rings. The van der Waals surface area contributed by atoms with Gasteiger partial charge in [0.2, 0.25) is 0 Å². The van der Waals surface area contributed by atoms with Crippen molar-refractivity contribution in [3.8, 4) is 0 Å². The molecule has 0 saturated carbocycles. The normalized spacial score (nSPS) is 13.7.